The molecule has 0 aliphatic heterocycles. The quantitative estimate of drug-likeness (QED) is 0.365. The number of anilines is 1. The Morgan fingerprint density at radius 2 is 2.00 bits per heavy atom. The number of benzene rings is 2. The van der Waals surface area contributed by atoms with Crippen LogP contribution in [-0.4, -0.2) is 22.2 Å². The third kappa shape index (κ3) is 5.81. The summed E-state index contributed by atoms with van der Waals surface area (Å²) < 4.78 is 19.2. The molecule has 1 heterocycles. The number of aromatic nitrogens is 2. The first-order valence-corrected chi connectivity index (χ1v) is 10.6. The predicted octanol–water partition coefficient (Wildman–Crippen LogP) is 5.68. The summed E-state index contributed by atoms with van der Waals surface area (Å²) >= 11 is 14.6. The van der Waals surface area contributed by atoms with E-state index >= 15 is 0 Å². The zero-order valence-electron chi connectivity index (χ0n) is 14.5. The Morgan fingerprint density at radius 3 is 2.71 bits per heavy atom. The fourth-order valence-corrected chi connectivity index (χ4v) is 4.23. The summed E-state index contributed by atoms with van der Waals surface area (Å²) in [4.78, 5) is 12.3. The van der Waals surface area contributed by atoms with Gasteiger partial charge >= 0.3 is 0 Å². The van der Waals surface area contributed by atoms with Crippen molar-refractivity contribution in [1.29, 1.82) is 0 Å². The molecule has 1 amide bonds. The number of carbonyl (C=O) groups excluding carboxylic acids is 1. The van der Waals surface area contributed by atoms with Gasteiger partial charge in [0, 0.05) is 10.8 Å². The SMILES string of the molecule is CC(Oc1ccc(Cl)cc1Cl)C(=O)Nc1nnc(SCc2ccc(F)cc2)s1. The molecule has 3 aromatic rings. The summed E-state index contributed by atoms with van der Waals surface area (Å²) in [7, 11) is 0. The maximum Gasteiger partial charge on any atom is 0.266 e. The van der Waals surface area contributed by atoms with Crippen LogP contribution in [0, 0.1) is 5.82 Å². The van der Waals surface area contributed by atoms with E-state index in [-0.39, 0.29) is 11.7 Å². The van der Waals surface area contributed by atoms with Crippen molar-refractivity contribution >= 4 is 57.3 Å². The number of thioether (sulfide) groups is 1. The van der Waals surface area contributed by atoms with Crippen LogP contribution in [0.25, 0.3) is 0 Å². The molecule has 0 bridgehead atoms. The zero-order valence-corrected chi connectivity index (χ0v) is 17.6. The lowest BCUT2D eigenvalue weighted by Crippen LogP contribution is -2.30. The van der Waals surface area contributed by atoms with Crippen molar-refractivity contribution in [3.8, 4) is 5.75 Å². The van der Waals surface area contributed by atoms with Crippen LogP contribution in [-0.2, 0) is 10.5 Å². The van der Waals surface area contributed by atoms with Gasteiger partial charge < -0.3 is 4.74 Å². The van der Waals surface area contributed by atoms with E-state index in [1.807, 2.05) is 0 Å². The van der Waals surface area contributed by atoms with Crippen molar-refractivity contribution in [2.24, 2.45) is 0 Å². The first-order chi connectivity index (χ1) is 13.4. The molecule has 146 valence electrons. The molecule has 2 aromatic carbocycles. The number of hydrogen-bond donors (Lipinski definition) is 1. The van der Waals surface area contributed by atoms with Crippen LogP contribution in [0.5, 0.6) is 5.75 Å². The van der Waals surface area contributed by atoms with Crippen LogP contribution < -0.4 is 10.1 Å². The van der Waals surface area contributed by atoms with Crippen molar-refractivity contribution in [1.82, 2.24) is 10.2 Å². The Hall–Kier alpha value is -1.87. The average Bonchev–Trinajstić information content (AvgIpc) is 3.11. The minimum Gasteiger partial charge on any atom is -0.479 e. The fourth-order valence-electron chi connectivity index (χ4n) is 2.07. The van der Waals surface area contributed by atoms with Crippen LogP contribution in [0.4, 0.5) is 9.52 Å². The lowest BCUT2D eigenvalue weighted by Gasteiger charge is -2.14. The average molecular weight is 458 g/mol. The topological polar surface area (TPSA) is 64.1 Å². The molecule has 0 fully saturated rings. The van der Waals surface area contributed by atoms with E-state index in [1.165, 1.54) is 35.2 Å². The molecule has 3 rings (SSSR count). The number of nitrogens with one attached hydrogen (secondary N) is 1. The molecular weight excluding hydrogens is 444 g/mol. The summed E-state index contributed by atoms with van der Waals surface area (Å²) in [5.74, 6) is 0.335. The van der Waals surface area contributed by atoms with E-state index in [1.54, 1.807) is 37.3 Å². The molecule has 28 heavy (non-hydrogen) atoms. The number of ether oxygens (including phenoxy) is 1. The smallest absolute Gasteiger partial charge is 0.266 e. The maximum absolute atomic E-state index is 12.9. The Bertz CT molecular complexity index is 970. The summed E-state index contributed by atoms with van der Waals surface area (Å²) in [6, 6.07) is 11.0. The monoisotopic (exact) mass is 457 g/mol. The molecule has 10 heteroatoms. The van der Waals surface area contributed by atoms with Gasteiger partial charge in [-0.05, 0) is 42.8 Å². The minimum absolute atomic E-state index is 0.272. The molecule has 0 radical (unpaired) electrons. The second-order valence-electron chi connectivity index (χ2n) is 5.61. The molecule has 0 aliphatic rings. The first-order valence-electron chi connectivity index (χ1n) is 8.04. The summed E-state index contributed by atoms with van der Waals surface area (Å²) in [5.41, 5.74) is 0.967. The van der Waals surface area contributed by atoms with Gasteiger partial charge in [-0.3, -0.25) is 10.1 Å². The van der Waals surface area contributed by atoms with Gasteiger partial charge in [0.2, 0.25) is 5.13 Å². The molecule has 0 saturated carbocycles. The van der Waals surface area contributed by atoms with Gasteiger partial charge in [0.15, 0.2) is 10.4 Å². The molecule has 5 nitrogen and oxygen atoms in total. The minimum atomic E-state index is -0.794. The van der Waals surface area contributed by atoms with Gasteiger partial charge in [0.25, 0.3) is 5.91 Å². The van der Waals surface area contributed by atoms with Crippen molar-refractivity contribution in [3.63, 3.8) is 0 Å². The van der Waals surface area contributed by atoms with Gasteiger partial charge in [-0.15, -0.1) is 10.2 Å². The largest absolute Gasteiger partial charge is 0.479 e. The van der Waals surface area contributed by atoms with E-state index in [4.69, 9.17) is 27.9 Å². The highest BCUT2D eigenvalue weighted by Gasteiger charge is 2.18. The number of amides is 1. The second kappa shape index (κ2) is 9.56. The summed E-state index contributed by atoms with van der Waals surface area (Å²) in [6.07, 6.45) is -0.794. The lowest BCUT2D eigenvalue weighted by molar-refractivity contribution is -0.122. The highest BCUT2D eigenvalue weighted by molar-refractivity contribution is 8.00. The number of carbonyl (C=O) groups is 1. The second-order valence-corrected chi connectivity index (χ2v) is 8.66. The van der Waals surface area contributed by atoms with Crippen LogP contribution in [0.3, 0.4) is 0 Å². The highest BCUT2D eigenvalue weighted by atomic mass is 35.5. The molecule has 1 atom stereocenters. The molecule has 0 spiro atoms. The summed E-state index contributed by atoms with van der Waals surface area (Å²) in [6.45, 7) is 1.60. The van der Waals surface area contributed by atoms with Gasteiger partial charge in [-0.1, -0.05) is 58.4 Å². The molecule has 1 N–H and O–H groups in total. The van der Waals surface area contributed by atoms with Crippen molar-refractivity contribution in [2.45, 2.75) is 23.1 Å². The first kappa shape index (κ1) is 20.9. The van der Waals surface area contributed by atoms with E-state index in [0.717, 1.165) is 5.56 Å². The third-order valence-corrected chi connectivity index (χ3v) is 6.05. The van der Waals surface area contributed by atoms with Crippen molar-refractivity contribution in [2.75, 3.05) is 5.32 Å². The molecule has 1 aromatic heterocycles. The van der Waals surface area contributed by atoms with Gasteiger partial charge in [-0.25, -0.2) is 4.39 Å². The van der Waals surface area contributed by atoms with Crippen LogP contribution in [0.2, 0.25) is 10.0 Å². The van der Waals surface area contributed by atoms with Crippen LogP contribution >= 0.6 is 46.3 Å². The van der Waals surface area contributed by atoms with Crippen LogP contribution in [0.15, 0.2) is 46.8 Å². The van der Waals surface area contributed by atoms with Crippen LogP contribution in [0.1, 0.15) is 12.5 Å². The van der Waals surface area contributed by atoms with E-state index in [9.17, 15) is 9.18 Å². The van der Waals surface area contributed by atoms with Gasteiger partial charge in [-0.2, -0.15) is 0 Å². The zero-order chi connectivity index (χ0) is 20.1. The normalized spacial score (nSPS) is 11.9. The fraction of sp³-hybridized carbons (Fsp3) is 0.167. The molecule has 0 aliphatic carbocycles. The van der Waals surface area contributed by atoms with Gasteiger partial charge in [0.05, 0.1) is 5.02 Å². The standard InChI is InChI=1S/C18H14Cl2FN3O2S2/c1-10(26-15-7-4-12(19)8-14(15)20)16(25)22-17-23-24-18(28-17)27-9-11-2-5-13(21)6-3-11/h2-8,10H,9H2,1H3,(H,22,23,25). The van der Waals surface area contributed by atoms with E-state index in [2.05, 4.69) is 15.5 Å². The maximum atomic E-state index is 12.9. The predicted molar refractivity (Wildman–Crippen MR) is 111 cm³/mol. The highest BCUT2D eigenvalue weighted by Crippen LogP contribution is 2.30. The van der Waals surface area contributed by atoms with Gasteiger partial charge in [0.1, 0.15) is 11.6 Å². The Balaban J connectivity index is 1.53. The summed E-state index contributed by atoms with van der Waals surface area (Å²) in [5, 5.41) is 11.8. The Kier molecular flexibility index (Phi) is 7.12. The van der Waals surface area contributed by atoms with Crippen molar-refractivity contribution in [3.05, 3.63) is 63.9 Å². The Morgan fingerprint density at radius 1 is 1.25 bits per heavy atom. The number of hydrogen-bond acceptors (Lipinski definition) is 6. The number of halogens is 3. The molecular formula is C18H14Cl2FN3O2S2. The molecule has 1 unspecified atom stereocenters. The number of rotatable bonds is 7. The molecule has 0 saturated heterocycles. The van der Waals surface area contributed by atoms with E-state index in [0.29, 0.717) is 31.0 Å². The Labute approximate surface area is 179 Å². The van der Waals surface area contributed by atoms with E-state index < -0.39 is 6.10 Å². The lowest BCUT2D eigenvalue weighted by atomic mass is 10.2. The number of nitrogens with zero attached hydrogens (tertiary/aromatic N) is 2. The third-order valence-electron chi connectivity index (χ3n) is 3.48. The van der Waals surface area contributed by atoms with Crippen molar-refractivity contribution < 1.29 is 13.9 Å².